The van der Waals surface area contributed by atoms with Crippen LogP contribution in [0.25, 0.3) is 6.08 Å². The third kappa shape index (κ3) is 3.73. The van der Waals surface area contributed by atoms with Gasteiger partial charge in [0, 0.05) is 23.4 Å². The summed E-state index contributed by atoms with van der Waals surface area (Å²) in [6.07, 6.45) is 6.30. The minimum absolute atomic E-state index is 0.0250. The summed E-state index contributed by atoms with van der Waals surface area (Å²) in [5.41, 5.74) is 1.51. The Bertz CT molecular complexity index is 631. The zero-order valence-corrected chi connectivity index (χ0v) is 12.7. The Balaban J connectivity index is 2.38. The number of esters is 1. The molecule has 2 rings (SSSR count). The second-order valence-corrected chi connectivity index (χ2v) is 5.49. The third-order valence-electron chi connectivity index (χ3n) is 3.29. The summed E-state index contributed by atoms with van der Waals surface area (Å²) in [4.78, 5) is 15.4. The molecule has 0 atom stereocenters. The highest BCUT2D eigenvalue weighted by molar-refractivity contribution is 6.31. The minimum atomic E-state index is -0.459. The van der Waals surface area contributed by atoms with Gasteiger partial charge < -0.3 is 10.1 Å². The van der Waals surface area contributed by atoms with Gasteiger partial charge in [-0.2, -0.15) is 5.26 Å². The van der Waals surface area contributed by atoms with Crippen molar-refractivity contribution in [2.45, 2.75) is 32.2 Å². The van der Waals surface area contributed by atoms with Crippen molar-refractivity contribution in [2.75, 3.05) is 11.9 Å². The van der Waals surface area contributed by atoms with Gasteiger partial charge >= 0.3 is 5.97 Å². The number of nitrogens with one attached hydrogen (secondary N) is 1. The number of carbonyl (C=O) groups excluding carboxylic acids is 1. The maximum absolute atomic E-state index is 11.4. The van der Waals surface area contributed by atoms with E-state index in [1.807, 2.05) is 0 Å². The van der Waals surface area contributed by atoms with Gasteiger partial charge in [-0.05, 0) is 32.8 Å². The average molecular weight is 306 g/mol. The van der Waals surface area contributed by atoms with Crippen molar-refractivity contribution in [3.8, 4) is 6.07 Å². The molecule has 0 aliphatic heterocycles. The molecule has 1 N–H and O–H groups in total. The SMILES string of the molecule is CCOC(=O)/C=C/c1c(Cl)ncc(C#N)c1NC1(C)CC1. The van der Waals surface area contributed by atoms with E-state index in [1.54, 1.807) is 6.92 Å². The van der Waals surface area contributed by atoms with Crippen LogP contribution >= 0.6 is 11.6 Å². The Hall–Kier alpha value is -2.06. The molecule has 0 saturated heterocycles. The van der Waals surface area contributed by atoms with Crippen LogP contribution in [0.2, 0.25) is 5.15 Å². The Kier molecular flexibility index (Phi) is 4.49. The molecule has 0 bridgehead atoms. The number of nitriles is 1. The lowest BCUT2D eigenvalue weighted by molar-refractivity contribution is -0.137. The summed E-state index contributed by atoms with van der Waals surface area (Å²) in [5.74, 6) is -0.459. The van der Waals surface area contributed by atoms with Crippen molar-refractivity contribution in [3.05, 3.63) is 28.6 Å². The quantitative estimate of drug-likeness (QED) is 0.514. The maximum atomic E-state index is 11.4. The maximum Gasteiger partial charge on any atom is 0.330 e. The molecule has 110 valence electrons. The highest BCUT2D eigenvalue weighted by Crippen LogP contribution is 2.41. The number of rotatable bonds is 5. The second kappa shape index (κ2) is 6.15. The monoisotopic (exact) mass is 305 g/mol. The van der Waals surface area contributed by atoms with Crippen LogP contribution in [0, 0.1) is 11.3 Å². The van der Waals surface area contributed by atoms with Crippen molar-refractivity contribution in [1.29, 1.82) is 5.26 Å². The fourth-order valence-electron chi connectivity index (χ4n) is 1.83. The number of pyridine rings is 1. The molecule has 1 aromatic heterocycles. The molecular weight excluding hydrogens is 290 g/mol. The van der Waals surface area contributed by atoms with E-state index in [1.165, 1.54) is 18.3 Å². The van der Waals surface area contributed by atoms with Crippen LogP contribution in [0.3, 0.4) is 0 Å². The Morgan fingerprint density at radius 2 is 2.38 bits per heavy atom. The fourth-order valence-corrected chi connectivity index (χ4v) is 2.04. The first-order chi connectivity index (χ1) is 9.99. The molecule has 1 aliphatic carbocycles. The van der Waals surface area contributed by atoms with Crippen molar-refractivity contribution >= 4 is 29.3 Å². The molecule has 1 aromatic rings. The first-order valence-corrected chi connectivity index (χ1v) is 7.08. The smallest absolute Gasteiger partial charge is 0.330 e. The van der Waals surface area contributed by atoms with E-state index in [0.29, 0.717) is 23.4 Å². The number of aromatic nitrogens is 1. The van der Waals surface area contributed by atoms with Crippen LogP contribution in [-0.2, 0) is 9.53 Å². The summed E-state index contributed by atoms with van der Waals surface area (Å²) in [5, 5.41) is 12.8. The molecule has 21 heavy (non-hydrogen) atoms. The topological polar surface area (TPSA) is 75.0 Å². The van der Waals surface area contributed by atoms with Gasteiger partial charge in [0.1, 0.15) is 11.2 Å². The van der Waals surface area contributed by atoms with E-state index in [4.69, 9.17) is 16.3 Å². The Morgan fingerprint density at radius 3 is 2.95 bits per heavy atom. The summed E-state index contributed by atoms with van der Waals surface area (Å²) in [6.45, 7) is 4.11. The summed E-state index contributed by atoms with van der Waals surface area (Å²) in [6, 6.07) is 2.09. The first kappa shape index (κ1) is 15.3. The summed E-state index contributed by atoms with van der Waals surface area (Å²) >= 11 is 6.10. The molecule has 5 nitrogen and oxygen atoms in total. The Labute approximate surface area is 128 Å². The third-order valence-corrected chi connectivity index (χ3v) is 3.59. The standard InChI is InChI=1S/C15H16ClN3O2/c1-3-21-12(20)5-4-11-13(19-15(2)6-7-15)10(8-17)9-18-14(11)16/h4-5,9H,3,6-7H2,1-2H3,(H,18,19)/b5-4+. The number of hydrogen-bond donors (Lipinski definition) is 1. The van der Waals surface area contributed by atoms with Gasteiger partial charge in [0.25, 0.3) is 0 Å². The van der Waals surface area contributed by atoms with Gasteiger partial charge in [-0.25, -0.2) is 9.78 Å². The number of hydrogen-bond acceptors (Lipinski definition) is 5. The molecule has 1 fully saturated rings. The molecule has 0 radical (unpaired) electrons. The van der Waals surface area contributed by atoms with E-state index < -0.39 is 5.97 Å². The lowest BCUT2D eigenvalue weighted by Gasteiger charge is -2.17. The lowest BCUT2D eigenvalue weighted by atomic mass is 10.1. The van der Waals surface area contributed by atoms with Crippen LogP contribution in [0.4, 0.5) is 5.69 Å². The van der Waals surface area contributed by atoms with E-state index in [-0.39, 0.29) is 10.7 Å². The van der Waals surface area contributed by atoms with Gasteiger partial charge in [-0.15, -0.1) is 0 Å². The van der Waals surface area contributed by atoms with Crippen LogP contribution in [0.15, 0.2) is 12.3 Å². The molecular formula is C15H16ClN3O2. The largest absolute Gasteiger partial charge is 0.463 e. The second-order valence-electron chi connectivity index (χ2n) is 5.13. The van der Waals surface area contributed by atoms with Gasteiger partial charge in [0.05, 0.1) is 17.9 Å². The molecule has 0 amide bonds. The van der Waals surface area contributed by atoms with Crippen molar-refractivity contribution in [1.82, 2.24) is 4.98 Å². The van der Waals surface area contributed by atoms with Crippen LogP contribution < -0.4 is 5.32 Å². The Morgan fingerprint density at radius 1 is 1.67 bits per heavy atom. The molecule has 1 aliphatic rings. The van der Waals surface area contributed by atoms with Crippen molar-refractivity contribution < 1.29 is 9.53 Å². The highest BCUT2D eigenvalue weighted by atomic mass is 35.5. The zero-order valence-electron chi connectivity index (χ0n) is 11.9. The molecule has 0 unspecified atom stereocenters. The predicted molar refractivity (Wildman–Crippen MR) is 80.9 cm³/mol. The molecule has 0 aromatic carbocycles. The predicted octanol–water partition coefficient (Wildman–Crippen LogP) is 3.15. The normalized spacial score (nSPS) is 15.5. The van der Waals surface area contributed by atoms with Crippen LogP contribution in [0.5, 0.6) is 0 Å². The fraction of sp³-hybridized carbons (Fsp3) is 0.400. The molecule has 6 heteroatoms. The van der Waals surface area contributed by atoms with Crippen molar-refractivity contribution in [2.24, 2.45) is 0 Å². The number of ether oxygens (including phenoxy) is 1. The summed E-state index contributed by atoms with van der Waals surface area (Å²) in [7, 11) is 0. The number of nitrogens with zero attached hydrogens (tertiary/aromatic N) is 2. The van der Waals surface area contributed by atoms with E-state index in [0.717, 1.165) is 12.8 Å². The van der Waals surface area contributed by atoms with Gasteiger partial charge in [-0.3, -0.25) is 0 Å². The van der Waals surface area contributed by atoms with Crippen LogP contribution in [0.1, 0.15) is 37.8 Å². The number of halogens is 1. The summed E-state index contributed by atoms with van der Waals surface area (Å²) < 4.78 is 4.84. The number of carbonyl (C=O) groups is 1. The zero-order chi connectivity index (χ0) is 15.5. The number of anilines is 1. The highest BCUT2D eigenvalue weighted by Gasteiger charge is 2.38. The van der Waals surface area contributed by atoms with Crippen LogP contribution in [-0.4, -0.2) is 23.1 Å². The van der Waals surface area contributed by atoms with Gasteiger partial charge in [-0.1, -0.05) is 11.6 Å². The average Bonchev–Trinajstić information content (AvgIpc) is 3.16. The van der Waals surface area contributed by atoms with Crippen molar-refractivity contribution in [3.63, 3.8) is 0 Å². The van der Waals surface area contributed by atoms with Gasteiger partial charge in [0.15, 0.2) is 0 Å². The lowest BCUT2D eigenvalue weighted by Crippen LogP contribution is -2.18. The molecule has 0 spiro atoms. The van der Waals surface area contributed by atoms with E-state index in [2.05, 4.69) is 23.3 Å². The van der Waals surface area contributed by atoms with Gasteiger partial charge in [0.2, 0.25) is 0 Å². The minimum Gasteiger partial charge on any atom is -0.463 e. The van der Waals surface area contributed by atoms with E-state index in [9.17, 15) is 10.1 Å². The first-order valence-electron chi connectivity index (χ1n) is 6.70. The molecule has 1 saturated carbocycles. The molecule has 1 heterocycles. The van der Waals surface area contributed by atoms with E-state index >= 15 is 0 Å².